The Morgan fingerprint density at radius 1 is 1.41 bits per heavy atom. The second-order valence-corrected chi connectivity index (χ2v) is 7.49. The lowest BCUT2D eigenvalue weighted by Crippen LogP contribution is -2.38. The lowest BCUT2D eigenvalue weighted by molar-refractivity contribution is -0.124. The SMILES string of the molecule is Cc1ccc(C(=O)OCC(=O)N[C@@H]2CCS(=O)(=O)C2)c(O)c1. The van der Waals surface area contributed by atoms with Crippen LogP contribution in [-0.4, -0.2) is 49.6 Å². The summed E-state index contributed by atoms with van der Waals surface area (Å²) < 4.78 is 27.4. The number of carbonyl (C=O) groups excluding carboxylic acids is 2. The maximum Gasteiger partial charge on any atom is 0.342 e. The Balaban J connectivity index is 1.84. The van der Waals surface area contributed by atoms with Crippen LogP contribution in [0.1, 0.15) is 22.3 Å². The number of hydrogen-bond donors (Lipinski definition) is 2. The van der Waals surface area contributed by atoms with Gasteiger partial charge in [0.25, 0.3) is 5.91 Å². The molecule has 0 aliphatic carbocycles. The molecule has 0 bridgehead atoms. The van der Waals surface area contributed by atoms with Crippen molar-refractivity contribution < 1.29 is 27.9 Å². The van der Waals surface area contributed by atoms with Gasteiger partial charge in [-0.2, -0.15) is 0 Å². The second kappa shape index (κ2) is 6.35. The van der Waals surface area contributed by atoms with E-state index in [1.807, 2.05) is 0 Å². The fourth-order valence-electron chi connectivity index (χ4n) is 2.20. The lowest BCUT2D eigenvalue weighted by atomic mass is 10.1. The van der Waals surface area contributed by atoms with Crippen LogP contribution in [0, 0.1) is 6.92 Å². The first-order valence-corrected chi connectivity index (χ1v) is 8.55. The monoisotopic (exact) mass is 327 g/mol. The van der Waals surface area contributed by atoms with Gasteiger partial charge in [-0.1, -0.05) is 6.07 Å². The molecule has 0 spiro atoms. The number of hydrogen-bond acceptors (Lipinski definition) is 6. The highest BCUT2D eigenvalue weighted by molar-refractivity contribution is 7.91. The fourth-order valence-corrected chi connectivity index (χ4v) is 3.87. The van der Waals surface area contributed by atoms with Gasteiger partial charge in [-0.15, -0.1) is 0 Å². The van der Waals surface area contributed by atoms with E-state index in [1.165, 1.54) is 12.1 Å². The van der Waals surface area contributed by atoms with E-state index in [2.05, 4.69) is 5.32 Å². The highest BCUT2D eigenvalue weighted by atomic mass is 32.2. The van der Waals surface area contributed by atoms with Gasteiger partial charge < -0.3 is 15.2 Å². The van der Waals surface area contributed by atoms with E-state index >= 15 is 0 Å². The average Bonchev–Trinajstić information content (AvgIpc) is 2.75. The first kappa shape index (κ1) is 16.3. The zero-order valence-electron chi connectivity index (χ0n) is 12.0. The van der Waals surface area contributed by atoms with Gasteiger partial charge >= 0.3 is 5.97 Å². The van der Waals surface area contributed by atoms with Gasteiger partial charge in [-0.05, 0) is 31.0 Å². The van der Waals surface area contributed by atoms with Crippen LogP contribution < -0.4 is 5.32 Å². The predicted octanol–water partition coefficient (Wildman–Crippen LogP) is 0.161. The Labute approximate surface area is 128 Å². The molecule has 1 aromatic carbocycles. The summed E-state index contributed by atoms with van der Waals surface area (Å²) in [6.07, 6.45) is 0.362. The summed E-state index contributed by atoms with van der Waals surface area (Å²) in [4.78, 5) is 23.4. The number of amides is 1. The second-order valence-electron chi connectivity index (χ2n) is 5.26. The fraction of sp³-hybridized carbons (Fsp3) is 0.429. The summed E-state index contributed by atoms with van der Waals surface area (Å²) in [6, 6.07) is 4.03. The molecule has 0 radical (unpaired) electrons. The van der Waals surface area contributed by atoms with Gasteiger partial charge in [0.15, 0.2) is 16.4 Å². The number of aromatic hydroxyl groups is 1. The number of nitrogens with one attached hydrogen (secondary N) is 1. The molecule has 0 aromatic heterocycles. The van der Waals surface area contributed by atoms with Crippen LogP contribution in [0.5, 0.6) is 5.75 Å². The highest BCUT2D eigenvalue weighted by Crippen LogP contribution is 2.19. The Hall–Kier alpha value is -2.09. The first-order valence-electron chi connectivity index (χ1n) is 6.73. The Morgan fingerprint density at radius 2 is 2.14 bits per heavy atom. The Bertz CT molecular complexity index is 697. The van der Waals surface area contributed by atoms with Crippen molar-refractivity contribution >= 4 is 21.7 Å². The molecule has 22 heavy (non-hydrogen) atoms. The van der Waals surface area contributed by atoms with E-state index in [-0.39, 0.29) is 22.8 Å². The van der Waals surface area contributed by atoms with Crippen molar-refractivity contribution in [2.45, 2.75) is 19.4 Å². The number of ether oxygens (including phenoxy) is 1. The molecule has 1 atom stereocenters. The van der Waals surface area contributed by atoms with Gasteiger partial charge in [-0.25, -0.2) is 13.2 Å². The molecule has 1 saturated heterocycles. The molecular formula is C14H17NO6S. The smallest absolute Gasteiger partial charge is 0.342 e. The zero-order chi connectivity index (χ0) is 16.3. The third-order valence-electron chi connectivity index (χ3n) is 3.31. The topological polar surface area (TPSA) is 110 Å². The van der Waals surface area contributed by atoms with Gasteiger partial charge in [0.2, 0.25) is 0 Å². The Kier molecular flexibility index (Phi) is 4.70. The first-order chi connectivity index (χ1) is 10.3. The summed E-state index contributed by atoms with van der Waals surface area (Å²) in [7, 11) is -3.08. The van der Waals surface area contributed by atoms with E-state index in [9.17, 15) is 23.1 Å². The number of phenolic OH excluding ortho intramolecular Hbond substituents is 1. The number of sulfone groups is 1. The number of rotatable bonds is 4. The van der Waals surface area contributed by atoms with Crippen molar-refractivity contribution in [1.29, 1.82) is 0 Å². The number of benzene rings is 1. The van der Waals surface area contributed by atoms with Crippen LogP contribution in [-0.2, 0) is 19.4 Å². The predicted molar refractivity (Wildman–Crippen MR) is 78.3 cm³/mol. The van der Waals surface area contributed by atoms with Crippen LogP contribution in [0.15, 0.2) is 18.2 Å². The summed E-state index contributed by atoms with van der Waals surface area (Å²) in [6.45, 7) is 1.24. The number of aryl methyl sites for hydroxylation is 1. The molecule has 120 valence electrons. The van der Waals surface area contributed by atoms with Crippen LogP contribution in [0.3, 0.4) is 0 Å². The minimum absolute atomic E-state index is 0.0261. The Morgan fingerprint density at radius 3 is 2.73 bits per heavy atom. The minimum atomic E-state index is -3.08. The standard InChI is InChI=1S/C14H17NO6S/c1-9-2-3-11(12(16)6-9)14(18)21-7-13(17)15-10-4-5-22(19,20)8-10/h2-3,6,10,16H,4-5,7-8H2,1H3,(H,15,17)/t10-/m1/s1. The molecule has 1 aromatic rings. The molecular weight excluding hydrogens is 310 g/mol. The number of phenols is 1. The maximum atomic E-state index is 11.8. The van der Waals surface area contributed by atoms with E-state index < -0.39 is 34.4 Å². The van der Waals surface area contributed by atoms with Crippen molar-refractivity contribution in [2.75, 3.05) is 18.1 Å². The van der Waals surface area contributed by atoms with Crippen molar-refractivity contribution in [3.63, 3.8) is 0 Å². The average molecular weight is 327 g/mol. The molecule has 1 amide bonds. The minimum Gasteiger partial charge on any atom is -0.507 e. The van der Waals surface area contributed by atoms with E-state index in [4.69, 9.17) is 4.74 Å². The maximum absolute atomic E-state index is 11.8. The van der Waals surface area contributed by atoms with Crippen molar-refractivity contribution in [3.8, 4) is 5.75 Å². The van der Waals surface area contributed by atoms with Crippen LogP contribution in [0.25, 0.3) is 0 Å². The molecule has 0 unspecified atom stereocenters. The largest absolute Gasteiger partial charge is 0.507 e. The van der Waals surface area contributed by atoms with Crippen molar-refractivity contribution in [1.82, 2.24) is 5.32 Å². The number of esters is 1. The van der Waals surface area contributed by atoms with Gasteiger partial charge in [-0.3, -0.25) is 4.79 Å². The normalized spacial score (nSPS) is 19.6. The molecule has 7 nitrogen and oxygen atoms in total. The van der Waals surface area contributed by atoms with Gasteiger partial charge in [0.1, 0.15) is 11.3 Å². The van der Waals surface area contributed by atoms with Crippen LogP contribution >= 0.6 is 0 Å². The van der Waals surface area contributed by atoms with Crippen molar-refractivity contribution in [2.24, 2.45) is 0 Å². The molecule has 1 heterocycles. The molecule has 8 heteroatoms. The molecule has 1 aliphatic rings. The molecule has 0 saturated carbocycles. The summed E-state index contributed by atoms with van der Waals surface area (Å²) in [5.41, 5.74) is 0.760. The van der Waals surface area contributed by atoms with Gasteiger partial charge in [0.05, 0.1) is 11.5 Å². The summed E-state index contributed by atoms with van der Waals surface area (Å²) >= 11 is 0. The molecule has 2 rings (SSSR count). The summed E-state index contributed by atoms with van der Waals surface area (Å²) in [5.74, 6) is -1.64. The quantitative estimate of drug-likeness (QED) is 0.762. The summed E-state index contributed by atoms with van der Waals surface area (Å²) in [5, 5.41) is 12.2. The third kappa shape index (κ3) is 4.20. The van der Waals surface area contributed by atoms with Crippen molar-refractivity contribution in [3.05, 3.63) is 29.3 Å². The number of carbonyl (C=O) groups is 2. The highest BCUT2D eigenvalue weighted by Gasteiger charge is 2.29. The van der Waals surface area contributed by atoms with Crippen LogP contribution in [0.4, 0.5) is 0 Å². The molecule has 2 N–H and O–H groups in total. The van der Waals surface area contributed by atoms with Crippen LogP contribution in [0.2, 0.25) is 0 Å². The van der Waals surface area contributed by atoms with E-state index in [0.717, 1.165) is 5.56 Å². The van der Waals surface area contributed by atoms with E-state index in [0.29, 0.717) is 6.42 Å². The van der Waals surface area contributed by atoms with E-state index in [1.54, 1.807) is 13.0 Å². The molecule has 1 fully saturated rings. The van der Waals surface area contributed by atoms with Gasteiger partial charge in [0, 0.05) is 6.04 Å². The lowest BCUT2D eigenvalue weighted by Gasteiger charge is -2.11. The zero-order valence-corrected chi connectivity index (χ0v) is 12.9. The molecule has 1 aliphatic heterocycles. The third-order valence-corrected chi connectivity index (χ3v) is 5.07.